The highest BCUT2D eigenvalue weighted by Gasteiger charge is 2.31. The van der Waals surface area contributed by atoms with Crippen molar-refractivity contribution in [3.05, 3.63) is 21.4 Å². The number of hydrogen-bond donors (Lipinski definition) is 2. The topological polar surface area (TPSA) is 58.6 Å². The number of aryl methyl sites for hydroxylation is 1. The Morgan fingerprint density at radius 3 is 3.11 bits per heavy atom. The summed E-state index contributed by atoms with van der Waals surface area (Å²) in [4.78, 5) is 13.7. The molecule has 1 amide bonds. The van der Waals surface area contributed by atoms with Crippen molar-refractivity contribution in [3.63, 3.8) is 0 Å². The number of thiophene rings is 1. The first-order valence-corrected chi connectivity index (χ1v) is 6.96. The predicted octanol–water partition coefficient (Wildman–Crippen LogP) is 1.31. The third-order valence-electron chi connectivity index (χ3n) is 3.06. The molecule has 1 saturated heterocycles. The summed E-state index contributed by atoms with van der Waals surface area (Å²) in [6.07, 6.45) is 0.834. The van der Waals surface area contributed by atoms with Gasteiger partial charge in [0.2, 0.25) is 0 Å². The smallest absolute Gasteiger partial charge is 0.261 e. The van der Waals surface area contributed by atoms with Gasteiger partial charge >= 0.3 is 0 Å². The van der Waals surface area contributed by atoms with Crippen molar-refractivity contribution < 1.29 is 14.6 Å². The lowest BCUT2D eigenvalue weighted by Gasteiger charge is -2.22. The first kappa shape index (κ1) is 14.1. The number of rotatable bonds is 2. The van der Waals surface area contributed by atoms with Crippen molar-refractivity contribution in [2.75, 3.05) is 19.8 Å². The van der Waals surface area contributed by atoms with Crippen LogP contribution < -0.4 is 5.32 Å². The normalized spacial score (nSPS) is 21.8. The first-order valence-electron chi connectivity index (χ1n) is 6.14. The largest absolute Gasteiger partial charge is 0.384 e. The zero-order valence-electron chi connectivity index (χ0n) is 11.1. The Hall–Kier alpha value is -1.35. The third kappa shape index (κ3) is 3.35. The van der Waals surface area contributed by atoms with E-state index in [-0.39, 0.29) is 18.1 Å². The van der Waals surface area contributed by atoms with Crippen LogP contribution in [0.2, 0.25) is 0 Å². The number of aliphatic hydroxyl groups is 1. The van der Waals surface area contributed by atoms with Crippen molar-refractivity contribution in [1.29, 1.82) is 0 Å². The van der Waals surface area contributed by atoms with E-state index in [1.54, 1.807) is 0 Å². The number of ether oxygens (including phenoxy) is 1. The summed E-state index contributed by atoms with van der Waals surface area (Å²) in [5, 5.41) is 11.7. The molecule has 2 rings (SSSR count). The van der Waals surface area contributed by atoms with E-state index in [1.807, 2.05) is 19.9 Å². The van der Waals surface area contributed by atoms with Crippen molar-refractivity contribution in [3.8, 4) is 11.8 Å². The molecule has 1 atom stereocenters. The lowest BCUT2D eigenvalue weighted by atomic mass is 10.0. The van der Waals surface area contributed by atoms with Gasteiger partial charge in [0, 0.05) is 6.61 Å². The third-order valence-corrected chi connectivity index (χ3v) is 4.21. The number of carbonyl (C=O) groups excluding carboxylic acids is 1. The fraction of sp³-hybridized carbons (Fsp3) is 0.500. The van der Waals surface area contributed by atoms with Gasteiger partial charge in [0.1, 0.15) is 6.61 Å². The van der Waals surface area contributed by atoms with Crippen LogP contribution in [0.25, 0.3) is 0 Å². The van der Waals surface area contributed by atoms with Gasteiger partial charge in [0.15, 0.2) is 0 Å². The molecule has 0 aromatic carbocycles. The van der Waals surface area contributed by atoms with Crippen molar-refractivity contribution in [2.45, 2.75) is 25.8 Å². The van der Waals surface area contributed by atoms with Crippen LogP contribution in [-0.2, 0) is 4.74 Å². The molecule has 0 spiro atoms. The molecule has 102 valence electrons. The summed E-state index contributed by atoms with van der Waals surface area (Å²) in [6.45, 7) is 4.97. The maximum absolute atomic E-state index is 12.2. The Kier molecular flexibility index (Phi) is 4.25. The first-order chi connectivity index (χ1) is 9.04. The fourth-order valence-electron chi connectivity index (χ4n) is 1.94. The summed E-state index contributed by atoms with van der Waals surface area (Å²) >= 11 is 1.35. The summed E-state index contributed by atoms with van der Waals surface area (Å²) in [5.74, 6) is 5.37. The van der Waals surface area contributed by atoms with E-state index in [1.165, 1.54) is 11.3 Å². The molecule has 19 heavy (non-hydrogen) atoms. The highest BCUT2D eigenvalue weighted by molar-refractivity contribution is 7.14. The molecular weight excluding hydrogens is 262 g/mol. The average Bonchev–Trinajstić information content (AvgIpc) is 2.94. The second kappa shape index (κ2) is 5.74. The predicted molar refractivity (Wildman–Crippen MR) is 74.3 cm³/mol. The van der Waals surface area contributed by atoms with E-state index in [4.69, 9.17) is 9.84 Å². The molecule has 0 bridgehead atoms. The molecule has 1 aromatic rings. The van der Waals surface area contributed by atoms with Crippen LogP contribution in [0, 0.1) is 18.8 Å². The summed E-state index contributed by atoms with van der Waals surface area (Å²) in [5.41, 5.74) is 0.690. The van der Waals surface area contributed by atoms with Gasteiger partial charge in [-0.25, -0.2) is 0 Å². The molecule has 5 heteroatoms. The van der Waals surface area contributed by atoms with Crippen molar-refractivity contribution in [2.24, 2.45) is 0 Å². The fourth-order valence-corrected chi connectivity index (χ4v) is 2.88. The molecule has 0 radical (unpaired) electrons. The second-order valence-corrected chi connectivity index (χ2v) is 5.95. The van der Waals surface area contributed by atoms with E-state index in [0.29, 0.717) is 18.1 Å². The van der Waals surface area contributed by atoms with Gasteiger partial charge in [-0.15, -0.1) is 11.3 Å². The van der Waals surface area contributed by atoms with Gasteiger partial charge in [-0.1, -0.05) is 11.8 Å². The molecule has 1 aliphatic heterocycles. The average molecular weight is 279 g/mol. The Balaban J connectivity index is 2.11. The SMILES string of the molecule is Cc1cc(C(=O)NC2(C)CCOC2)sc1C#CCO. The van der Waals surface area contributed by atoms with E-state index in [2.05, 4.69) is 17.2 Å². The maximum atomic E-state index is 12.2. The lowest BCUT2D eigenvalue weighted by molar-refractivity contribution is 0.0894. The van der Waals surface area contributed by atoms with Crippen LogP contribution in [0.1, 0.15) is 33.5 Å². The van der Waals surface area contributed by atoms with Gasteiger partial charge in [-0.05, 0) is 31.9 Å². The zero-order chi connectivity index (χ0) is 13.9. The van der Waals surface area contributed by atoms with Crippen LogP contribution in [0.3, 0.4) is 0 Å². The van der Waals surface area contributed by atoms with E-state index >= 15 is 0 Å². The molecule has 2 heterocycles. The molecule has 1 fully saturated rings. The minimum Gasteiger partial charge on any atom is -0.384 e. The highest BCUT2D eigenvalue weighted by Crippen LogP contribution is 2.23. The molecule has 1 unspecified atom stereocenters. The molecule has 2 N–H and O–H groups in total. The molecule has 0 aliphatic carbocycles. The highest BCUT2D eigenvalue weighted by atomic mass is 32.1. The number of aliphatic hydroxyl groups excluding tert-OH is 1. The van der Waals surface area contributed by atoms with Crippen LogP contribution in [0.4, 0.5) is 0 Å². The van der Waals surface area contributed by atoms with E-state index < -0.39 is 0 Å². The van der Waals surface area contributed by atoms with Gasteiger partial charge in [-0.2, -0.15) is 0 Å². The van der Waals surface area contributed by atoms with E-state index in [9.17, 15) is 4.79 Å². The van der Waals surface area contributed by atoms with Crippen LogP contribution in [0.5, 0.6) is 0 Å². The monoisotopic (exact) mass is 279 g/mol. The van der Waals surface area contributed by atoms with E-state index in [0.717, 1.165) is 16.9 Å². The van der Waals surface area contributed by atoms with Crippen LogP contribution in [-0.4, -0.2) is 36.4 Å². The van der Waals surface area contributed by atoms with Crippen molar-refractivity contribution in [1.82, 2.24) is 5.32 Å². The standard InChI is InChI=1S/C14H17NO3S/c1-10-8-12(19-11(10)4-3-6-16)13(17)15-14(2)5-7-18-9-14/h8,16H,5-7,9H2,1-2H3,(H,15,17). The lowest BCUT2D eigenvalue weighted by Crippen LogP contribution is -2.46. The van der Waals surface area contributed by atoms with Crippen molar-refractivity contribution >= 4 is 17.2 Å². The molecule has 1 aromatic heterocycles. The van der Waals surface area contributed by atoms with Crippen LogP contribution >= 0.6 is 11.3 Å². The van der Waals surface area contributed by atoms with Gasteiger partial charge in [0.25, 0.3) is 5.91 Å². The molecule has 4 nitrogen and oxygen atoms in total. The van der Waals surface area contributed by atoms with Gasteiger partial charge in [-0.3, -0.25) is 4.79 Å². The second-order valence-electron chi connectivity index (χ2n) is 4.90. The van der Waals surface area contributed by atoms with Gasteiger partial charge < -0.3 is 15.2 Å². The number of amides is 1. The summed E-state index contributed by atoms with van der Waals surface area (Å²) in [6, 6.07) is 1.83. The summed E-state index contributed by atoms with van der Waals surface area (Å²) in [7, 11) is 0. The molecular formula is C14H17NO3S. The Bertz CT molecular complexity index is 533. The number of nitrogens with one attached hydrogen (secondary N) is 1. The Morgan fingerprint density at radius 2 is 2.47 bits per heavy atom. The van der Waals surface area contributed by atoms with Gasteiger partial charge in [0.05, 0.1) is 21.9 Å². The van der Waals surface area contributed by atoms with Crippen LogP contribution in [0.15, 0.2) is 6.07 Å². The molecule has 0 saturated carbocycles. The maximum Gasteiger partial charge on any atom is 0.261 e. The quantitative estimate of drug-likeness (QED) is 0.803. The zero-order valence-corrected chi connectivity index (χ0v) is 11.9. The minimum absolute atomic E-state index is 0.0850. The minimum atomic E-state index is -0.272. The Labute approximate surface area is 116 Å². The number of carbonyl (C=O) groups is 1. The summed E-state index contributed by atoms with van der Waals surface area (Å²) < 4.78 is 5.32. The molecule has 1 aliphatic rings. The Morgan fingerprint density at radius 1 is 1.68 bits per heavy atom. The number of hydrogen-bond acceptors (Lipinski definition) is 4.